The summed E-state index contributed by atoms with van der Waals surface area (Å²) >= 11 is 0. The van der Waals surface area contributed by atoms with Gasteiger partial charge in [0.15, 0.2) is 0 Å². The Bertz CT molecular complexity index is 131. The highest BCUT2D eigenvalue weighted by atomic mass is 16.6. The first-order chi connectivity index (χ1) is 5.20. The van der Waals surface area contributed by atoms with E-state index in [4.69, 9.17) is 22.4 Å². The molecule has 1 rings (SSSR count). The standard InChI is InChI=1S/C7H13BO3/c1-4-5(3-9)11-7(8)6(4)10-2/h4-7,9H,3H2,1-2H3/t4-,5+,6?,7+/m0/s1. The second kappa shape index (κ2) is 3.56. The van der Waals surface area contributed by atoms with Crippen LogP contribution in [0.4, 0.5) is 0 Å². The summed E-state index contributed by atoms with van der Waals surface area (Å²) in [4.78, 5) is 0. The van der Waals surface area contributed by atoms with Gasteiger partial charge in [-0.2, -0.15) is 0 Å². The fourth-order valence-electron chi connectivity index (χ4n) is 1.47. The minimum absolute atomic E-state index is 0.00866. The zero-order chi connectivity index (χ0) is 8.43. The van der Waals surface area contributed by atoms with Gasteiger partial charge >= 0.3 is 0 Å². The number of aliphatic hydroxyl groups is 1. The van der Waals surface area contributed by atoms with Crippen molar-refractivity contribution in [3.8, 4) is 0 Å². The lowest BCUT2D eigenvalue weighted by molar-refractivity contribution is 0.0206. The Morgan fingerprint density at radius 1 is 1.64 bits per heavy atom. The van der Waals surface area contributed by atoms with E-state index in [0.717, 1.165) is 0 Å². The maximum absolute atomic E-state index is 8.83. The third-order valence-electron chi connectivity index (χ3n) is 2.21. The molecule has 4 heteroatoms. The van der Waals surface area contributed by atoms with Crippen molar-refractivity contribution in [2.75, 3.05) is 13.7 Å². The van der Waals surface area contributed by atoms with Crippen LogP contribution in [0.3, 0.4) is 0 Å². The number of rotatable bonds is 2. The van der Waals surface area contributed by atoms with Crippen LogP contribution in [0.15, 0.2) is 0 Å². The molecule has 1 saturated heterocycles. The van der Waals surface area contributed by atoms with Crippen molar-refractivity contribution >= 4 is 7.85 Å². The van der Waals surface area contributed by atoms with E-state index in [1.807, 2.05) is 6.92 Å². The molecule has 1 aliphatic heterocycles. The molecule has 62 valence electrons. The van der Waals surface area contributed by atoms with Crippen molar-refractivity contribution in [1.29, 1.82) is 0 Å². The average molecular weight is 156 g/mol. The van der Waals surface area contributed by atoms with Gasteiger partial charge in [-0.05, 0) is 0 Å². The first-order valence-corrected chi connectivity index (χ1v) is 3.75. The predicted octanol–water partition coefficient (Wildman–Crippen LogP) is -0.477. The van der Waals surface area contributed by atoms with Gasteiger partial charge in [-0.15, -0.1) is 0 Å². The zero-order valence-corrected chi connectivity index (χ0v) is 6.86. The molecule has 4 atom stereocenters. The van der Waals surface area contributed by atoms with Gasteiger partial charge in [-0.25, -0.2) is 0 Å². The highest BCUT2D eigenvalue weighted by molar-refractivity contribution is 6.11. The van der Waals surface area contributed by atoms with E-state index in [-0.39, 0.29) is 24.7 Å². The van der Waals surface area contributed by atoms with Gasteiger partial charge in [0, 0.05) is 19.0 Å². The summed E-state index contributed by atoms with van der Waals surface area (Å²) in [5.74, 6) is 0.167. The summed E-state index contributed by atoms with van der Waals surface area (Å²) in [5, 5.41) is 8.83. The molecule has 11 heavy (non-hydrogen) atoms. The van der Waals surface area contributed by atoms with Crippen LogP contribution in [0.25, 0.3) is 0 Å². The number of ether oxygens (including phenoxy) is 2. The Kier molecular flexibility index (Phi) is 2.93. The largest absolute Gasteiger partial charge is 0.394 e. The van der Waals surface area contributed by atoms with Gasteiger partial charge in [0.05, 0.1) is 18.8 Å². The lowest BCUT2D eigenvalue weighted by Crippen LogP contribution is -2.28. The van der Waals surface area contributed by atoms with E-state index in [1.165, 1.54) is 0 Å². The first kappa shape index (κ1) is 9.04. The average Bonchev–Trinajstić information content (AvgIpc) is 2.26. The molecule has 1 heterocycles. The van der Waals surface area contributed by atoms with Crippen molar-refractivity contribution in [3.05, 3.63) is 0 Å². The van der Waals surface area contributed by atoms with Crippen molar-refractivity contribution in [2.24, 2.45) is 5.92 Å². The van der Waals surface area contributed by atoms with Crippen LogP contribution in [-0.2, 0) is 9.47 Å². The monoisotopic (exact) mass is 156 g/mol. The number of hydrogen-bond acceptors (Lipinski definition) is 3. The zero-order valence-electron chi connectivity index (χ0n) is 6.86. The van der Waals surface area contributed by atoms with Crippen LogP contribution in [-0.4, -0.2) is 44.9 Å². The second-order valence-corrected chi connectivity index (χ2v) is 2.88. The van der Waals surface area contributed by atoms with Crippen LogP contribution < -0.4 is 0 Å². The molecule has 0 aromatic carbocycles. The Labute approximate surface area is 68.1 Å². The minimum Gasteiger partial charge on any atom is -0.394 e. The highest BCUT2D eigenvalue weighted by Gasteiger charge is 2.38. The number of methoxy groups -OCH3 is 1. The molecule has 0 saturated carbocycles. The molecule has 1 N–H and O–H groups in total. The fourth-order valence-corrected chi connectivity index (χ4v) is 1.47. The van der Waals surface area contributed by atoms with Crippen molar-refractivity contribution < 1.29 is 14.6 Å². The van der Waals surface area contributed by atoms with E-state index in [9.17, 15) is 0 Å². The first-order valence-electron chi connectivity index (χ1n) is 3.75. The smallest absolute Gasteiger partial charge is 0.112 e. The predicted molar refractivity (Wildman–Crippen MR) is 41.5 cm³/mol. The van der Waals surface area contributed by atoms with E-state index in [1.54, 1.807) is 7.11 Å². The molecule has 1 unspecified atom stereocenters. The summed E-state index contributed by atoms with van der Waals surface area (Å²) in [6.45, 7) is 1.97. The molecular formula is C7H13BO3. The Hall–Kier alpha value is -0.0551. The summed E-state index contributed by atoms with van der Waals surface area (Å²) in [5.41, 5.74) is 0. The van der Waals surface area contributed by atoms with Crippen molar-refractivity contribution in [1.82, 2.24) is 0 Å². The van der Waals surface area contributed by atoms with Gasteiger partial charge in [0.2, 0.25) is 0 Å². The van der Waals surface area contributed by atoms with Crippen molar-refractivity contribution in [3.63, 3.8) is 0 Å². The minimum atomic E-state index is -0.396. The van der Waals surface area contributed by atoms with Gasteiger partial charge in [0.1, 0.15) is 7.85 Å². The molecule has 1 fully saturated rings. The second-order valence-electron chi connectivity index (χ2n) is 2.88. The SMILES string of the molecule is [B][C@@H]1O[C@H](CO)[C@H](C)C1OC. The molecule has 0 aromatic rings. The van der Waals surface area contributed by atoms with Gasteiger partial charge < -0.3 is 14.6 Å². The normalized spacial score (nSPS) is 44.6. The number of aliphatic hydroxyl groups excluding tert-OH is 1. The lowest BCUT2D eigenvalue weighted by atomic mass is 9.89. The Balaban J connectivity index is 2.55. The molecule has 0 spiro atoms. The molecule has 2 radical (unpaired) electrons. The maximum atomic E-state index is 8.83. The number of hydrogen-bond donors (Lipinski definition) is 1. The van der Waals surface area contributed by atoms with Crippen LogP contribution in [0.1, 0.15) is 6.92 Å². The molecule has 3 nitrogen and oxygen atoms in total. The summed E-state index contributed by atoms with van der Waals surface area (Å²) in [6.07, 6.45) is -0.262. The van der Waals surface area contributed by atoms with Crippen LogP contribution in [0.2, 0.25) is 0 Å². The fraction of sp³-hybridized carbons (Fsp3) is 1.00. The van der Waals surface area contributed by atoms with E-state index in [0.29, 0.717) is 0 Å². The molecule has 1 aliphatic rings. The Morgan fingerprint density at radius 2 is 2.27 bits per heavy atom. The Morgan fingerprint density at radius 3 is 2.55 bits per heavy atom. The third-order valence-corrected chi connectivity index (χ3v) is 2.21. The molecular weight excluding hydrogens is 143 g/mol. The molecule has 0 aliphatic carbocycles. The van der Waals surface area contributed by atoms with Gasteiger partial charge in [-0.3, -0.25) is 0 Å². The van der Waals surface area contributed by atoms with Crippen LogP contribution in [0.5, 0.6) is 0 Å². The van der Waals surface area contributed by atoms with E-state index in [2.05, 4.69) is 0 Å². The van der Waals surface area contributed by atoms with Gasteiger partial charge in [0.25, 0.3) is 0 Å². The lowest BCUT2D eigenvalue weighted by Gasteiger charge is -2.16. The maximum Gasteiger partial charge on any atom is 0.112 e. The topological polar surface area (TPSA) is 38.7 Å². The van der Waals surface area contributed by atoms with Crippen LogP contribution in [0, 0.1) is 5.92 Å². The molecule has 0 amide bonds. The molecule has 0 bridgehead atoms. The quantitative estimate of drug-likeness (QED) is 0.549. The van der Waals surface area contributed by atoms with Crippen molar-refractivity contribution in [2.45, 2.75) is 25.1 Å². The van der Waals surface area contributed by atoms with E-state index < -0.39 is 6.00 Å². The van der Waals surface area contributed by atoms with Crippen LogP contribution >= 0.6 is 0 Å². The third kappa shape index (κ3) is 1.58. The van der Waals surface area contributed by atoms with E-state index >= 15 is 0 Å². The highest BCUT2D eigenvalue weighted by Crippen LogP contribution is 2.26. The molecule has 0 aromatic heterocycles. The summed E-state index contributed by atoms with van der Waals surface area (Å²) in [6, 6.07) is -0.396. The van der Waals surface area contributed by atoms with Gasteiger partial charge in [-0.1, -0.05) is 6.92 Å². The summed E-state index contributed by atoms with van der Waals surface area (Å²) < 4.78 is 10.3. The summed E-state index contributed by atoms with van der Waals surface area (Å²) in [7, 11) is 7.19.